The van der Waals surface area contributed by atoms with Crippen molar-refractivity contribution < 1.29 is 14.3 Å². The van der Waals surface area contributed by atoms with E-state index < -0.39 is 0 Å². The Morgan fingerprint density at radius 3 is 2.80 bits per heavy atom. The number of likely N-dealkylation sites (N-methyl/N-ethyl adjacent to an activating group) is 1. The fourth-order valence-electron chi connectivity index (χ4n) is 2.34. The lowest BCUT2D eigenvalue weighted by Crippen LogP contribution is -2.42. The van der Waals surface area contributed by atoms with Crippen molar-refractivity contribution in [2.24, 2.45) is 0 Å². The highest BCUT2D eigenvalue weighted by Gasteiger charge is 2.33. The van der Waals surface area contributed by atoms with Crippen LogP contribution in [0.1, 0.15) is 26.2 Å². The highest BCUT2D eigenvalue weighted by Crippen LogP contribution is 2.18. The molecule has 4 nitrogen and oxygen atoms in total. The van der Waals surface area contributed by atoms with Crippen molar-refractivity contribution in [1.29, 1.82) is 0 Å². The Morgan fingerprint density at radius 2 is 2.27 bits per heavy atom. The molecule has 0 aliphatic carbocycles. The molecule has 0 N–H and O–H groups in total. The SMILES string of the molecule is CCN(C[C@H]1CCCO1)[C@H]1CCOC1=O. The lowest BCUT2D eigenvalue weighted by atomic mass is 10.1. The van der Waals surface area contributed by atoms with Crippen molar-refractivity contribution in [2.75, 3.05) is 26.3 Å². The molecular weight excluding hydrogens is 194 g/mol. The molecule has 0 unspecified atom stereocenters. The van der Waals surface area contributed by atoms with Crippen LogP contribution in [0.25, 0.3) is 0 Å². The number of carbonyl (C=O) groups excluding carboxylic acids is 1. The van der Waals surface area contributed by atoms with Crippen LogP contribution < -0.4 is 0 Å². The summed E-state index contributed by atoms with van der Waals surface area (Å²) >= 11 is 0. The molecule has 2 saturated heterocycles. The zero-order valence-electron chi connectivity index (χ0n) is 9.28. The van der Waals surface area contributed by atoms with E-state index in [1.807, 2.05) is 0 Å². The molecule has 0 amide bonds. The monoisotopic (exact) mass is 213 g/mol. The number of cyclic esters (lactones) is 1. The fraction of sp³-hybridized carbons (Fsp3) is 0.909. The first-order valence-electron chi connectivity index (χ1n) is 5.83. The summed E-state index contributed by atoms with van der Waals surface area (Å²) in [7, 11) is 0. The van der Waals surface area contributed by atoms with E-state index in [0.29, 0.717) is 12.7 Å². The van der Waals surface area contributed by atoms with Crippen molar-refractivity contribution in [3.63, 3.8) is 0 Å². The van der Waals surface area contributed by atoms with Gasteiger partial charge in [-0.1, -0.05) is 6.92 Å². The minimum atomic E-state index is -0.0603. The Bertz CT molecular complexity index is 226. The Labute approximate surface area is 90.5 Å². The van der Waals surface area contributed by atoms with Crippen molar-refractivity contribution >= 4 is 5.97 Å². The smallest absolute Gasteiger partial charge is 0.323 e. The predicted octanol–water partition coefficient (Wildman–Crippen LogP) is 0.803. The molecule has 2 fully saturated rings. The summed E-state index contributed by atoms with van der Waals surface area (Å²) in [6.07, 6.45) is 3.42. The van der Waals surface area contributed by atoms with Gasteiger partial charge in [0.05, 0.1) is 12.7 Å². The van der Waals surface area contributed by atoms with Crippen molar-refractivity contribution in [1.82, 2.24) is 4.90 Å². The molecule has 0 saturated carbocycles. The van der Waals surface area contributed by atoms with E-state index in [0.717, 1.165) is 39.0 Å². The molecule has 15 heavy (non-hydrogen) atoms. The lowest BCUT2D eigenvalue weighted by Gasteiger charge is -2.26. The third-order valence-electron chi connectivity index (χ3n) is 3.22. The van der Waals surface area contributed by atoms with E-state index in [1.54, 1.807) is 0 Å². The van der Waals surface area contributed by atoms with Gasteiger partial charge in [0.25, 0.3) is 0 Å². The van der Waals surface area contributed by atoms with Crippen LogP contribution in [0.4, 0.5) is 0 Å². The molecule has 0 spiro atoms. The van der Waals surface area contributed by atoms with Gasteiger partial charge in [-0.3, -0.25) is 9.69 Å². The third kappa shape index (κ3) is 2.49. The van der Waals surface area contributed by atoms with Crippen molar-refractivity contribution in [3.8, 4) is 0 Å². The zero-order chi connectivity index (χ0) is 10.7. The van der Waals surface area contributed by atoms with Gasteiger partial charge in [0.1, 0.15) is 6.04 Å². The first-order valence-corrected chi connectivity index (χ1v) is 5.83. The van der Waals surface area contributed by atoms with Crippen LogP contribution in [0, 0.1) is 0 Å². The first kappa shape index (κ1) is 10.9. The van der Waals surface area contributed by atoms with E-state index in [1.165, 1.54) is 0 Å². The largest absolute Gasteiger partial charge is 0.464 e. The van der Waals surface area contributed by atoms with Gasteiger partial charge in [-0.15, -0.1) is 0 Å². The molecular formula is C11H19NO3. The van der Waals surface area contributed by atoms with Gasteiger partial charge in [0.15, 0.2) is 0 Å². The molecule has 0 aromatic carbocycles. The average Bonchev–Trinajstić information content (AvgIpc) is 2.85. The van der Waals surface area contributed by atoms with Crippen molar-refractivity contribution in [2.45, 2.75) is 38.3 Å². The summed E-state index contributed by atoms with van der Waals surface area (Å²) in [6.45, 7) is 5.29. The van der Waals surface area contributed by atoms with Gasteiger partial charge in [-0.2, -0.15) is 0 Å². The quantitative estimate of drug-likeness (QED) is 0.648. The van der Waals surface area contributed by atoms with Crippen LogP contribution in [-0.2, 0) is 14.3 Å². The number of carbonyl (C=O) groups is 1. The van der Waals surface area contributed by atoms with Gasteiger partial charge >= 0.3 is 5.97 Å². The van der Waals surface area contributed by atoms with Crippen LogP contribution in [0.2, 0.25) is 0 Å². The molecule has 0 bridgehead atoms. The molecule has 0 aromatic rings. The average molecular weight is 213 g/mol. The number of rotatable bonds is 4. The second kappa shape index (κ2) is 4.94. The Hall–Kier alpha value is -0.610. The fourth-order valence-corrected chi connectivity index (χ4v) is 2.34. The van der Waals surface area contributed by atoms with E-state index in [4.69, 9.17) is 9.47 Å². The van der Waals surface area contributed by atoms with E-state index >= 15 is 0 Å². The summed E-state index contributed by atoms with van der Waals surface area (Å²) < 4.78 is 10.6. The summed E-state index contributed by atoms with van der Waals surface area (Å²) in [5.41, 5.74) is 0. The summed E-state index contributed by atoms with van der Waals surface area (Å²) in [6, 6.07) is -0.0285. The molecule has 4 heteroatoms. The molecule has 2 atom stereocenters. The maximum atomic E-state index is 11.4. The Balaban J connectivity index is 1.88. The highest BCUT2D eigenvalue weighted by atomic mass is 16.5. The minimum absolute atomic E-state index is 0.0285. The van der Waals surface area contributed by atoms with Gasteiger partial charge in [-0.05, 0) is 19.4 Å². The van der Waals surface area contributed by atoms with Gasteiger partial charge < -0.3 is 9.47 Å². The second-order valence-electron chi connectivity index (χ2n) is 4.19. The Kier molecular flexibility index (Phi) is 3.59. The van der Waals surface area contributed by atoms with Gasteiger partial charge in [0, 0.05) is 19.6 Å². The number of esters is 1. The predicted molar refractivity (Wildman–Crippen MR) is 55.6 cm³/mol. The van der Waals surface area contributed by atoms with Crippen LogP contribution >= 0.6 is 0 Å². The van der Waals surface area contributed by atoms with Crippen LogP contribution in [0.15, 0.2) is 0 Å². The van der Waals surface area contributed by atoms with Crippen LogP contribution in [0.5, 0.6) is 0 Å². The third-order valence-corrected chi connectivity index (χ3v) is 3.22. The zero-order valence-corrected chi connectivity index (χ0v) is 9.28. The molecule has 86 valence electrons. The molecule has 2 aliphatic rings. The molecule has 2 aliphatic heterocycles. The maximum absolute atomic E-state index is 11.4. The molecule has 2 heterocycles. The van der Waals surface area contributed by atoms with E-state index in [-0.39, 0.29) is 12.0 Å². The molecule has 2 rings (SSSR count). The first-order chi connectivity index (χ1) is 7.31. The van der Waals surface area contributed by atoms with Crippen LogP contribution in [-0.4, -0.2) is 49.3 Å². The number of hydrogen-bond donors (Lipinski definition) is 0. The topological polar surface area (TPSA) is 38.8 Å². The van der Waals surface area contributed by atoms with E-state index in [2.05, 4.69) is 11.8 Å². The minimum Gasteiger partial charge on any atom is -0.464 e. The molecule has 0 aromatic heterocycles. The second-order valence-corrected chi connectivity index (χ2v) is 4.19. The highest BCUT2D eigenvalue weighted by molar-refractivity contribution is 5.77. The number of hydrogen-bond acceptors (Lipinski definition) is 4. The summed E-state index contributed by atoms with van der Waals surface area (Å²) in [5, 5.41) is 0. The lowest BCUT2D eigenvalue weighted by molar-refractivity contribution is -0.142. The normalized spacial score (nSPS) is 31.2. The van der Waals surface area contributed by atoms with Crippen LogP contribution in [0.3, 0.4) is 0 Å². The standard InChI is InChI=1S/C11H19NO3/c1-2-12(8-9-4-3-6-14-9)10-5-7-15-11(10)13/h9-10H,2-8H2,1H3/t9-,10+/m1/s1. The summed E-state index contributed by atoms with van der Waals surface area (Å²) in [4.78, 5) is 13.6. The number of nitrogens with zero attached hydrogens (tertiary/aromatic N) is 1. The Morgan fingerprint density at radius 1 is 1.40 bits per heavy atom. The number of ether oxygens (including phenoxy) is 2. The van der Waals surface area contributed by atoms with Crippen molar-refractivity contribution in [3.05, 3.63) is 0 Å². The summed E-state index contributed by atoms with van der Waals surface area (Å²) in [5.74, 6) is -0.0603. The van der Waals surface area contributed by atoms with Gasteiger partial charge in [0.2, 0.25) is 0 Å². The maximum Gasteiger partial charge on any atom is 0.323 e. The van der Waals surface area contributed by atoms with E-state index in [9.17, 15) is 4.79 Å². The van der Waals surface area contributed by atoms with Gasteiger partial charge in [-0.25, -0.2) is 0 Å². The molecule has 0 radical (unpaired) electrons.